The third kappa shape index (κ3) is 3.21. The van der Waals surface area contributed by atoms with Gasteiger partial charge in [0.05, 0.1) is 6.20 Å². The lowest BCUT2D eigenvalue weighted by atomic mass is 10.1. The molecule has 0 aliphatic carbocycles. The summed E-state index contributed by atoms with van der Waals surface area (Å²) in [4.78, 5) is 2.22. The Bertz CT molecular complexity index is 781. The van der Waals surface area contributed by atoms with Crippen LogP contribution in [-0.2, 0) is 0 Å². The Kier molecular flexibility index (Phi) is 4.07. The van der Waals surface area contributed by atoms with Crippen LogP contribution in [-0.4, -0.2) is 46.6 Å². The molecule has 3 aromatic rings. The maximum atomic E-state index is 5.82. The molecule has 0 atom stereocenters. The van der Waals surface area contributed by atoms with Gasteiger partial charge in [0.25, 0.3) is 0 Å². The lowest BCUT2D eigenvalue weighted by Crippen LogP contribution is -2.43. The highest BCUT2D eigenvalue weighted by atomic mass is 16.5. The van der Waals surface area contributed by atoms with Gasteiger partial charge in [0.15, 0.2) is 5.82 Å². The van der Waals surface area contributed by atoms with Gasteiger partial charge in [0.2, 0.25) is 5.88 Å². The molecule has 24 heavy (non-hydrogen) atoms. The van der Waals surface area contributed by atoms with E-state index in [-0.39, 0.29) is 0 Å². The minimum absolute atomic E-state index is 0.484. The van der Waals surface area contributed by atoms with Gasteiger partial charge in [0, 0.05) is 44.0 Å². The highest BCUT2D eigenvalue weighted by Gasteiger charge is 2.12. The summed E-state index contributed by atoms with van der Waals surface area (Å²) in [6, 6.07) is 11.6. The number of piperazine rings is 1. The standard InChI is InChI=1S/C17H18N6O/c1-2-13(14-11-19-20-12-14)10-15(3-1)24-17-5-4-16(21-22-17)23-8-6-18-7-9-23/h1-5,10-12,18H,6-9H2,(H,19,20). The zero-order valence-corrected chi connectivity index (χ0v) is 13.1. The molecule has 4 rings (SSSR count). The number of aromatic nitrogens is 4. The molecule has 2 N–H and O–H groups in total. The maximum Gasteiger partial charge on any atom is 0.238 e. The monoisotopic (exact) mass is 322 g/mol. The van der Waals surface area contributed by atoms with Crippen molar-refractivity contribution in [1.82, 2.24) is 25.7 Å². The molecule has 3 heterocycles. The molecule has 1 aliphatic heterocycles. The van der Waals surface area contributed by atoms with E-state index in [9.17, 15) is 0 Å². The van der Waals surface area contributed by atoms with Gasteiger partial charge in [0.1, 0.15) is 5.75 Å². The highest BCUT2D eigenvalue weighted by Crippen LogP contribution is 2.26. The summed E-state index contributed by atoms with van der Waals surface area (Å²) in [5, 5.41) is 18.6. The molecule has 122 valence electrons. The largest absolute Gasteiger partial charge is 0.438 e. The fraction of sp³-hybridized carbons (Fsp3) is 0.235. The van der Waals surface area contributed by atoms with Gasteiger partial charge >= 0.3 is 0 Å². The molecular weight excluding hydrogens is 304 g/mol. The first kappa shape index (κ1) is 14.6. The van der Waals surface area contributed by atoms with Gasteiger partial charge in [-0.15, -0.1) is 10.2 Å². The van der Waals surface area contributed by atoms with E-state index >= 15 is 0 Å². The Hall–Kier alpha value is -2.93. The molecule has 1 saturated heterocycles. The summed E-state index contributed by atoms with van der Waals surface area (Å²) in [5.74, 6) is 2.09. The third-order valence-corrected chi connectivity index (χ3v) is 3.96. The molecular formula is C17H18N6O. The zero-order chi connectivity index (χ0) is 16.2. The molecule has 1 aromatic carbocycles. The number of nitrogens with one attached hydrogen (secondary N) is 2. The summed E-state index contributed by atoms with van der Waals surface area (Å²) >= 11 is 0. The Morgan fingerprint density at radius 2 is 1.92 bits per heavy atom. The lowest BCUT2D eigenvalue weighted by molar-refractivity contribution is 0.454. The first-order valence-electron chi connectivity index (χ1n) is 7.95. The van der Waals surface area contributed by atoms with E-state index in [4.69, 9.17) is 4.74 Å². The van der Waals surface area contributed by atoms with E-state index in [0.717, 1.165) is 48.9 Å². The van der Waals surface area contributed by atoms with Crippen LogP contribution in [0.5, 0.6) is 11.6 Å². The van der Waals surface area contributed by atoms with Gasteiger partial charge in [-0.2, -0.15) is 5.10 Å². The summed E-state index contributed by atoms with van der Waals surface area (Å²) in [6.45, 7) is 3.84. The number of hydrogen-bond donors (Lipinski definition) is 2. The van der Waals surface area contributed by atoms with Gasteiger partial charge in [-0.3, -0.25) is 5.10 Å². The van der Waals surface area contributed by atoms with Gasteiger partial charge in [-0.1, -0.05) is 12.1 Å². The van der Waals surface area contributed by atoms with E-state index < -0.39 is 0 Å². The molecule has 2 aromatic heterocycles. The third-order valence-electron chi connectivity index (χ3n) is 3.96. The van der Waals surface area contributed by atoms with Crippen LogP contribution in [0.3, 0.4) is 0 Å². The lowest BCUT2D eigenvalue weighted by Gasteiger charge is -2.27. The van der Waals surface area contributed by atoms with Crippen molar-refractivity contribution in [2.24, 2.45) is 0 Å². The normalized spacial score (nSPS) is 14.6. The van der Waals surface area contributed by atoms with E-state index in [1.54, 1.807) is 6.20 Å². The minimum atomic E-state index is 0.484. The van der Waals surface area contributed by atoms with Crippen LogP contribution in [0.1, 0.15) is 0 Å². The second kappa shape index (κ2) is 6.67. The first-order chi connectivity index (χ1) is 11.9. The van der Waals surface area contributed by atoms with Crippen molar-refractivity contribution in [2.75, 3.05) is 31.1 Å². The Morgan fingerprint density at radius 1 is 1.00 bits per heavy atom. The predicted octanol–water partition coefficient (Wildman–Crippen LogP) is 2.07. The number of benzene rings is 1. The van der Waals surface area contributed by atoms with E-state index in [2.05, 4.69) is 30.6 Å². The molecule has 1 fully saturated rings. The average Bonchev–Trinajstić information content (AvgIpc) is 3.18. The van der Waals surface area contributed by atoms with Crippen molar-refractivity contribution in [3.05, 3.63) is 48.8 Å². The van der Waals surface area contributed by atoms with E-state index in [1.165, 1.54) is 0 Å². The molecule has 0 bridgehead atoms. The van der Waals surface area contributed by atoms with Gasteiger partial charge in [-0.25, -0.2) is 0 Å². The SMILES string of the molecule is c1cc(Oc2ccc(N3CCNCC3)nn2)cc(-c2cn[nH]c2)c1. The summed E-state index contributed by atoms with van der Waals surface area (Å²) in [5.41, 5.74) is 2.05. The average molecular weight is 322 g/mol. The van der Waals surface area contributed by atoms with E-state index in [1.807, 2.05) is 42.6 Å². The van der Waals surface area contributed by atoms with Crippen LogP contribution in [0.2, 0.25) is 0 Å². The molecule has 0 spiro atoms. The maximum absolute atomic E-state index is 5.82. The quantitative estimate of drug-likeness (QED) is 0.765. The second-order valence-corrected chi connectivity index (χ2v) is 5.58. The number of H-pyrrole nitrogens is 1. The first-order valence-corrected chi connectivity index (χ1v) is 7.95. The molecule has 7 heteroatoms. The van der Waals surface area contributed by atoms with Crippen molar-refractivity contribution in [1.29, 1.82) is 0 Å². The number of anilines is 1. The van der Waals surface area contributed by atoms with Crippen LogP contribution in [0.25, 0.3) is 11.1 Å². The Labute approximate surface area is 139 Å². The topological polar surface area (TPSA) is 79.0 Å². The Morgan fingerprint density at radius 3 is 2.67 bits per heavy atom. The zero-order valence-electron chi connectivity index (χ0n) is 13.1. The van der Waals surface area contributed by atoms with Gasteiger partial charge < -0.3 is 15.0 Å². The van der Waals surface area contributed by atoms with Crippen molar-refractivity contribution in [3.8, 4) is 22.8 Å². The fourth-order valence-corrected chi connectivity index (χ4v) is 2.70. The molecule has 0 saturated carbocycles. The van der Waals surface area contributed by atoms with Crippen LogP contribution < -0.4 is 15.0 Å². The molecule has 0 radical (unpaired) electrons. The number of nitrogens with zero attached hydrogens (tertiary/aromatic N) is 4. The summed E-state index contributed by atoms with van der Waals surface area (Å²) < 4.78 is 5.82. The minimum Gasteiger partial charge on any atom is -0.438 e. The molecule has 1 aliphatic rings. The van der Waals surface area contributed by atoms with Crippen LogP contribution in [0.4, 0.5) is 5.82 Å². The summed E-state index contributed by atoms with van der Waals surface area (Å²) in [7, 11) is 0. The highest BCUT2D eigenvalue weighted by molar-refractivity contribution is 5.63. The van der Waals surface area contributed by atoms with Crippen LogP contribution in [0.15, 0.2) is 48.8 Å². The van der Waals surface area contributed by atoms with Crippen LogP contribution in [0, 0.1) is 0 Å². The number of hydrogen-bond acceptors (Lipinski definition) is 6. The second-order valence-electron chi connectivity index (χ2n) is 5.58. The summed E-state index contributed by atoms with van der Waals surface area (Å²) in [6.07, 6.45) is 3.63. The number of ether oxygens (including phenoxy) is 1. The molecule has 0 unspecified atom stereocenters. The number of rotatable bonds is 4. The van der Waals surface area contributed by atoms with E-state index in [0.29, 0.717) is 5.88 Å². The molecule has 7 nitrogen and oxygen atoms in total. The number of aromatic amines is 1. The fourth-order valence-electron chi connectivity index (χ4n) is 2.70. The molecule has 0 amide bonds. The predicted molar refractivity (Wildman–Crippen MR) is 91.2 cm³/mol. The van der Waals surface area contributed by atoms with Crippen molar-refractivity contribution in [3.63, 3.8) is 0 Å². The van der Waals surface area contributed by atoms with Crippen LogP contribution >= 0.6 is 0 Å². The van der Waals surface area contributed by atoms with Crippen molar-refractivity contribution < 1.29 is 4.74 Å². The van der Waals surface area contributed by atoms with Gasteiger partial charge in [-0.05, 0) is 23.8 Å². The Balaban J connectivity index is 1.48. The van der Waals surface area contributed by atoms with Crippen molar-refractivity contribution in [2.45, 2.75) is 0 Å². The van der Waals surface area contributed by atoms with Crippen molar-refractivity contribution >= 4 is 5.82 Å². The smallest absolute Gasteiger partial charge is 0.238 e.